The highest BCUT2D eigenvalue weighted by Gasteiger charge is 2.49. The largest absolute Gasteiger partial charge is 0.497 e. The normalized spacial score (nSPS) is 27.2. The maximum Gasteiger partial charge on any atom is 0.234 e. The number of methoxy groups -OCH3 is 1. The number of amides is 1. The van der Waals surface area contributed by atoms with E-state index in [-0.39, 0.29) is 17.9 Å². The number of nitrogens with zero attached hydrogens (tertiary/aromatic N) is 1. The van der Waals surface area contributed by atoms with E-state index in [9.17, 15) is 9.90 Å². The number of hydrogen-bond donors (Lipinski definition) is 2. The van der Waals surface area contributed by atoms with Gasteiger partial charge in [-0.05, 0) is 49.1 Å². The molecule has 2 aliphatic rings. The molecule has 3 atom stereocenters. The van der Waals surface area contributed by atoms with Gasteiger partial charge in [0, 0.05) is 18.5 Å². The zero-order chi connectivity index (χ0) is 20.3. The highest BCUT2D eigenvalue weighted by Crippen LogP contribution is 2.49. The van der Waals surface area contributed by atoms with Crippen LogP contribution in [0.15, 0.2) is 47.1 Å². The van der Waals surface area contributed by atoms with Crippen LogP contribution in [0.1, 0.15) is 49.5 Å². The van der Waals surface area contributed by atoms with E-state index >= 15 is 0 Å². The third kappa shape index (κ3) is 4.33. The van der Waals surface area contributed by atoms with Crippen molar-refractivity contribution < 1.29 is 19.1 Å². The Kier molecular flexibility index (Phi) is 5.92. The summed E-state index contributed by atoms with van der Waals surface area (Å²) in [6, 6.07) is 11.7. The Labute approximate surface area is 171 Å². The van der Waals surface area contributed by atoms with Gasteiger partial charge >= 0.3 is 0 Å². The molecule has 1 aromatic carbocycles. The summed E-state index contributed by atoms with van der Waals surface area (Å²) in [5.74, 6) is 1.66. The second kappa shape index (κ2) is 8.59. The summed E-state index contributed by atoms with van der Waals surface area (Å²) in [4.78, 5) is 14.9. The van der Waals surface area contributed by atoms with Crippen LogP contribution in [-0.2, 0) is 11.3 Å². The summed E-state index contributed by atoms with van der Waals surface area (Å²) in [6.45, 7) is 1.40. The molecule has 1 aliphatic carbocycles. The number of benzene rings is 1. The monoisotopic (exact) mass is 398 g/mol. The Balaban J connectivity index is 1.52. The topological polar surface area (TPSA) is 74.9 Å². The van der Waals surface area contributed by atoms with Crippen molar-refractivity contribution in [3.63, 3.8) is 0 Å². The van der Waals surface area contributed by atoms with Gasteiger partial charge in [0.2, 0.25) is 5.91 Å². The van der Waals surface area contributed by atoms with Gasteiger partial charge in [0.05, 0.1) is 32.1 Å². The molecule has 0 radical (unpaired) electrons. The number of hydrogen-bond acceptors (Lipinski definition) is 5. The lowest BCUT2D eigenvalue weighted by atomic mass is 9.66. The molecule has 2 heterocycles. The molecule has 2 aromatic rings. The highest BCUT2D eigenvalue weighted by molar-refractivity contribution is 5.78. The molecule has 0 bridgehead atoms. The van der Waals surface area contributed by atoms with E-state index in [0.717, 1.165) is 49.2 Å². The predicted octanol–water partition coefficient (Wildman–Crippen LogP) is 3.27. The number of fused-ring (bicyclic) bond motifs is 1. The third-order valence-corrected chi connectivity index (χ3v) is 6.52. The van der Waals surface area contributed by atoms with Gasteiger partial charge in [-0.2, -0.15) is 0 Å². The van der Waals surface area contributed by atoms with E-state index in [1.54, 1.807) is 13.4 Å². The average Bonchev–Trinajstić information content (AvgIpc) is 3.26. The number of carbonyl (C=O) groups excluding carboxylic acids is 1. The van der Waals surface area contributed by atoms with E-state index in [0.29, 0.717) is 19.6 Å². The van der Waals surface area contributed by atoms with Crippen molar-refractivity contribution in [2.45, 2.75) is 50.3 Å². The molecule has 1 aliphatic heterocycles. The molecule has 2 N–H and O–H groups in total. The van der Waals surface area contributed by atoms with Gasteiger partial charge in [0.25, 0.3) is 0 Å². The van der Waals surface area contributed by atoms with Crippen molar-refractivity contribution in [3.05, 3.63) is 54.0 Å². The maximum atomic E-state index is 12.6. The third-order valence-electron chi connectivity index (χ3n) is 6.52. The van der Waals surface area contributed by atoms with Gasteiger partial charge in [-0.25, -0.2) is 0 Å². The second-order valence-electron chi connectivity index (χ2n) is 8.25. The van der Waals surface area contributed by atoms with Crippen molar-refractivity contribution in [1.29, 1.82) is 0 Å². The summed E-state index contributed by atoms with van der Waals surface area (Å²) in [6.07, 6.45) is 6.36. The standard InChI is InChI=1S/C23H30N2O4/c1-28-18-9-7-17(8-10-18)22-20-6-2-3-11-23(20,27)12-13-25(22)16-21(26)24-15-19-5-4-14-29-19/h4-5,7-10,14,20,22,27H,2-3,6,11-13,15-16H2,1H3,(H,24,26)/t20-,22+,23+/m1/s1. The molecule has 2 fully saturated rings. The predicted molar refractivity (Wildman–Crippen MR) is 109 cm³/mol. The van der Waals surface area contributed by atoms with Crippen LogP contribution in [0.4, 0.5) is 0 Å². The van der Waals surface area contributed by atoms with E-state index in [2.05, 4.69) is 22.3 Å². The maximum absolute atomic E-state index is 12.6. The molecule has 4 rings (SSSR count). The van der Waals surface area contributed by atoms with Crippen molar-refractivity contribution in [3.8, 4) is 5.75 Å². The number of aliphatic hydroxyl groups is 1. The number of carbonyl (C=O) groups is 1. The molecule has 1 saturated carbocycles. The van der Waals surface area contributed by atoms with Crippen molar-refractivity contribution in [1.82, 2.24) is 10.2 Å². The Morgan fingerprint density at radius 3 is 2.83 bits per heavy atom. The van der Waals surface area contributed by atoms with E-state index < -0.39 is 5.60 Å². The Bertz CT molecular complexity index is 805. The fourth-order valence-corrected chi connectivity index (χ4v) is 5.00. The number of likely N-dealkylation sites (tertiary alicyclic amines) is 1. The van der Waals surface area contributed by atoms with Crippen LogP contribution >= 0.6 is 0 Å². The molecule has 0 unspecified atom stereocenters. The first-order valence-corrected chi connectivity index (χ1v) is 10.5. The lowest BCUT2D eigenvalue weighted by Gasteiger charge is -2.52. The number of rotatable bonds is 6. The second-order valence-corrected chi connectivity index (χ2v) is 8.25. The fourth-order valence-electron chi connectivity index (χ4n) is 5.00. The molecule has 6 heteroatoms. The molecule has 29 heavy (non-hydrogen) atoms. The van der Waals surface area contributed by atoms with E-state index in [1.165, 1.54) is 0 Å². The van der Waals surface area contributed by atoms with Gasteiger partial charge in [-0.15, -0.1) is 0 Å². The van der Waals surface area contributed by atoms with Crippen LogP contribution in [0, 0.1) is 5.92 Å². The van der Waals surface area contributed by atoms with Gasteiger partial charge in [0.15, 0.2) is 0 Å². The van der Waals surface area contributed by atoms with Crippen LogP contribution in [0.3, 0.4) is 0 Å². The molecule has 1 amide bonds. The first-order chi connectivity index (χ1) is 14.1. The molecular formula is C23H30N2O4. The Morgan fingerprint density at radius 2 is 2.10 bits per heavy atom. The van der Waals surface area contributed by atoms with Crippen LogP contribution < -0.4 is 10.1 Å². The number of nitrogens with one attached hydrogen (secondary N) is 1. The zero-order valence-electron chi connectivity index (χ0n) is 17.0. The van der Waals surface area contributed by atoms with Crippen molar-refractivity contribution >= 4 is 5.91 Å². The minimum Gasteiger partial charge on any atom is -0.497 e. The fraction of sp³-hybridized carbons (Fsp3) is 0.522. The lowest BCUT2D eigenvalue weighted by molar-refractivity contribution is -0.138. The Morgan fingerprint density at radius 1 is 1.28 bits per heavy atom. The molecule has 0 spiro atoms. The van der Waals surface area contributed by atoms with E-state index in [4.69, 9.17) is 9.15 Å². The Hall–Kier alpha value is -2.31. The quantitative estimate of drug-likeness (QED) is 0.781. The number of ether oxygens (including phenoxy) is 1. The van der Waals surface area contributed by atoms with Crippen molar-refractivity contribution in [2.24, 2.45) is 5.92 Å². The molecule has 156 valence electrons. The van der Waals surface area contributed by atoms with E-state index in [1.807, 2.05) is 24.3 Å². The first kappa shape index (κ1) is 20.0. The van der Waals surface area contributed by atoms with Crippen LogP contribution in [0.2, 0.25) is 0 Å². The van der Waals surface area contributed by atoms with Crippen molar-refractivity contribution in [2.75, 3.05) is 20.2 Å². The first-order valence-electron chi connectivity index (χ1n) is 10.5. The molecule has 6 nitrogen and oxygen atoms in total. The molecule has 1 aromatic heterocycles. The minimum absolute atomic E-state index is 0.0225. The zero-order valence-corrected chi connectivity index (χ0v) is 17.0. The summed E-state index contributed by atoms with van der Waals surface area (Å²) in [7, 11) is 1.66. The molecular weight excluding hydrogens is 368 g/mol. The smallest absolute Gasteiger partial charge is 0.234 e. The SMILES string of the molecule is COc1ccc([C@H]2[C@H]3CCCC[C@]3(O)CCN2CC(=O)NCc2ccco2)cc1. The van der Waals surface area contributed by atoms with Gasteiger partial charge in [-0.3, -0.25) is 9.69 Å². The summed E-state index contributed by atoms with van der Waals surface area (Å²) in [5, 5.41) is 14.3. The van der Waals surface area contributed by atoms with Crippen LogP contribution in [0.5, 0.6) is 5.75 Å². The van der Waals surface area contributed by atoms with Crippen LogP contribution in [0.25, 0.3) is 0 Å². The average molecular weight is 399 g/mol. The minimum atomic E-state index is -0.635. The molecule has 1 saturated heterocycles. The number of furan rings is 1. The van der Waals surface area contributed by atoms with Gasteiger partial charge < -0.3 is 19.6 Å². The van der Waals surface area contributed by atoms with Crippen LogP contribution in [-0.4, -0.2) is 41.7 Å². The summed E-state index contributed by atoms with van der Waals surface area (Å²) >= 11 is 0. The van der Waals surface area contributed by atoms with Gasteiger partial charge in [0.1, 0.15) is 11.5 Å². The number of piperidine rings is 1. The lowest BCUT2D eigenvalue weighted by Crippen LogP contribution is -2.56. The highest BCUT2D eigenvalue weighted by atomic mass is 16.5. The summed E-state index contributed by atoms with van der Waals surface area (Å²) in [5.41, 5.74) is 0.499. The van der Waals surface area contributed by atoms with Gasteiger partial charge in [-0.1, -0.05) is 25.0 Å². The summed E-state index contributed by atoms with van der Waals surface area (Å²) < 4.78 is 10.6.